The van der Waals surface area contributed by atoms with E-state index in [1.165, 1.54) is 0 Å². The third-order valence-corrected chi connectivity index (χ3v) is 2.62. The lowest BCUT2D eigenvalue weighted by atomic mass is 10.1. The smallest absolute Gasteiger partial charge is 0.256 e. The van der Waals surface area contributed by atoms with Crippen LogP contribution < -0.4 is 11.1 Å². The normalized spacial score (nSPS) is 10.1. The Bertz CT molecular complexity index is 532. The van der Waals surface area contributed by atoms with Gasteiger partial charge in [-0.1, -0.05) is 23.8 Å². The van der Waals surface area contributed by atoms with Gasteiger partial charge < -0.3 is 11.1 Å². The van der Waals surface area contributed by atoms with Crippen molar-refractivity contribution in [2.45, 2.75) is 13.5 Å². The molecule has 3 N–H and O–H groups in total. The summed E-state index contributed by atoms with van der Waals surface area (Å²) >= 11 is 0. The number of carbonyl (C=O) groups excluding carboxylic acids is 1. The summed E-state index contributed by atoms with van der Waals surface area (Å²) in [5.74, 6) is 0.362. The molecule has 0 atom stereocenters. The van der Waals surface area contributed by atoms with Gasteiger partial charge in [0.25, 0.3) is 5.91 Å². The van der Waals surface area contributed by atoms with Gasteiger partial charge in [-0.05, 0) is 30.7 Å². The molecule has 1 heterocycles. The van der Waals surface area contributed by atoms with Gasteiger partial charge >= 0.3 is 0 Å². The number of nitrogens with one attached hydrogen (secondary N) is 1. The number of nitrogens with two attached hydrogens (primary N) is 1. The molecule has 0 spiro atoms. The molecule has 0 aliphatic heterocycles. The van der Waals surface area contributed by atoms with Crippen LogP contribution in [0.25, 0.3) is 0 Å². The fourth-order valence-electron chi connectivity index (χ4n) is 1.51. The van der Waals surface area contributed by atoms with Crippen molar-refractivity contribution in [2.24, 2.45) is 5.73 Å². The number of carbonyl (C=O) groups is 1. The van der Waals surface area contributed by atoms with Crippen LogP contribution in [0, 0.1) is 6.92 Å². The van der Waals surface area contributed by atoms with Crippen LogP contribution in [0.1, 0.15) is 21.5 Å². The van der Waals surface area contributed by atoms with Crippen molar-refractivity contribution in [3.8, 4) is 0 Å². The summed E-state index contributed by atoms with van der Waals surface area (Å²) in [4.78, 5) is 16.0. The Morgan fingerprint density at radius 2 is 1.94 bits per heavy atom. The molecule has 0 bridgehead atoms. The first kappa shape index (κ1) is 12.3. The summed E-state index contributed by atoms with van der Waals surface area (Å²) in [6.45, 7) is 2.42. The predicted molar refractivity (Wildman–Crippen MR) is 71.3 cm³/mol. The first-order valence-corrected chi connectivity index (χ1v) is 5.72. The molecule has 1 aromatic heterocycles. The first-order valence-electron chi connectivity index (χ1n) is 5.72. The number of benzene rings is 1. The van der Waals surface area contributed by atoms with Crippen LogP contribution in [-0.4, -0.2) is 10.9 Å². The van der Waals surface area contributed by atoms with Gasteiger partial charge in [0.1, 0.15) is 5.82 Å². The van der Waals surface area contributed by atoms with E-state index in [2.05, 4.69) is 10.3 Å². The van der Waals surface area contributed by atoms with Crippen LogP contribution >= 0.6 is 0 Å². The van der Waals surface area contributed by atoms with Crippen LogP contribution in [-0.2, 0) is 6.54 Å². The number of hydrogen-bond acceptors (Lipinski definition) is 3. The average Bonchev–Trinajstić information content (AvgIpc) is 2.40. The van der Waals surface area contributed by atoms with E-state index in [1.54, 1.807) is 24.4 Å². The molecular weight excluding hydrogens is 226 g/mol. The second-order valence-corrected chi connectivity index (χ2v) is 4.08. The first-order chi connectivity index (χ1) is 8.69. The Morgan fingerprint density at radius 3 is 2.50 bits per heavy atom. The van der Waals surface area contributed by atoms with Crippen molar-refractivity contribution >= 4 is 11.7 Å². The standard InChI is InChI=1S/C14H15N3O/c1-10-2-5-12(6-3-10)14(18)17-13-7-4-11(8-15)9-16-13/h2-7,9H,8,15H2,1H3,(H,16,17,18). The molecule has 0 saturated carbocycles. The number of anilines is 1. The third kappa shape index (κ3) is 2.93. The highest BCUT2D eigenvalue weighted by Crippen LogP contribution is 2.08. The molecule has 0 aliphatic rings. The van der Waals surface area contributed by atoms with E-state index < -0.39 is 0 Å². The lowest BCUT2D eigenvalue weighted by molar-refractivity contribution is 0.102. The van der Waals surface area contributed by atoms with E-state index >= 15 is 0 Å². The van der Waals surface area contributed by atoms with E-state index in [1.807, 2.05) is 25.1 Å². The van der Waals surface area contributed by atoms with E-state index in [4.69, 9.17) is 5.73 Å². The quantitative estimate of drug-likeness (QED) is 0.864. The highest BCUT2D eigenvalue weighted by Gasteiger charge is 2.05. The van der Waals surface area contributed by atoms with Crippen LogP contribution in [0.2, 0.25) is 0 Å². The zero-order chi connectivity index (χ0) is 13.0. The van der Waals surface area contributed by atoms with Crippen molar-refractivity contribution in [1.82, 2.24) is 4.98 Å². The molecule has 92 valence electrons. The second-order valence-electron chi connectivity index (χ2n) is 4.08. The minimum Gasteiger partial charge on any atom is -0.326 e. The Kier molecular flexibility index (Phi) is 3.69. The third-order valence-electron chi connectivity index (χ3n) is 2.62. The molecule has 0 radical (unpaired) electrons. The second kappa shape index (κ2) is 5.42. The van der Waals surface area contributed by atoms with Crippen molar-refractivity contribution in [3.05, 3.63) is 59.3 Å². The van der Waals surface area contributed by atoms with E-state index in [9.17, 15) is 4.79 Å². The van der Waals surface area contributed by atoms with Gasteiger partial charge in [-0.2, -0.15) is 0 Å². The molecule has 1 aromatic carbocycles. The van der Waals surface area contributed by atoms with Gasteiger partial charge in [0, 0.05) is 18.3 Å². The van der Waals surface area contributed by atoms with E-state index in [0.717, 1.165) is 11.1 Å². The van der Waals surface area contributed by atoms with Crippen LogP contribution in [0.5, 0.6) is 0 Å². The lowest BCUT2D eigenvalue weighted by Crippen LogP contribution is -2.13. The monoisotopic (exact) mass is 241 g/mol. The average molecular weight is 241 g/mol. The molecule has 0 aliphatic carbocycles. The minimum atomic E-state index is -0.164. The summed E-state index contributed by atoms with van der Waals surface area (Å²) in [6, 6.07) is 11.0. The number of hydrogen-bond donors (Lipinski definition) is 2. The van der Waals surface area contributed by atoms with Crippen molar-refractivity contribution in [2.75, 3.05) is 5.32 Å². The maximum atomic E-state index is 11.9. The number of aryl methyl sites for hydroxylation is 1. The van der Waals surface area contributed by atoms with Crippen LogP contribution in [0.15, 0.2) is 42.6 Å². The minimum absolute atomic E-state index is 0.164. The molecule has 0 saturated heterocycles. The number of pyridine rings is 1. The Balaban J connectivity index is 2.08. The number of rotatable bonds is 3. The molecule has 0 unspecified atom stereocenters. The molecule has 1 amide bonds. The van der Waals surface area contributed by atoms with Gasteiger partial charge in [-0.25, -0.2) is 4.98 Å². The fourth-order valence-corrected chi connectivity index (χ4v) is 1.51. The van der Waals surface area contributed by atoms with Crippen LogP contribution in [0.3, 0.4) is 0 Å². The molecule has 4 nitrogen and oxygen atoms in total. The van der Waals surface area contributed by atoms with Gasteiger partial charge in [-0.3, -0.25) is 4.79 Å². The number of aromatic nitrogens is 1. The predicted octanol–water partition coefficient (Wildman–Crippen LogP) is 2.10. The number of nitrogens with zero attached hydrogens (tertiary/aromatic N) is 1. The number of amides is 1. The largest absolute Gasteiger partial charge is 0.326 e. The van der Waals surface area contributed by atoms with Crippen molar-refractivity contribution < 1.29 is 4.79 Å². The summed E-state index contributed by atoms with van der Waals surface area (Å²) < 4.78 is 0. The highest BCUT2D eigenvalue weighted by atomic mass is 16.1. The molecular formula is C14H15N3O. The molecule has 2 rings (SSSR count). The van der Waals surface area contributed by atoms with Gasteiger partial charge in [0.05, 0.1) is 0 Å². The Labute approximate surface area is 106 Å². The zero-order valence-corrected chi connectivity index (χ0v) is 10.2. The van der Waals surface area contributed by atoms with Gasteiger partial charge in [0.15, 0.2) is 0 Å². The molecule has 4 heteroatoms. The van der Waals surface area contributed by atoms with E-state index in [0.29, 0.717) is 17.9 Å². The fraction of sp³-hybridized carbons (Fsp3) is 0.143. The SMILES string of the molecule is Cc1ccc(C(=O)Nc2ccc(CN)cn2)cc1. The van der Waals surface area contributed by atoms with Gasteiger partial charge in [-0.15, -0.1) is 0 Å². The highest BCUT2D eigenvalue weighted by molar-refractivity contribution is 6.03. The molecule has 2 aromatic rings. The Hall–Kier alpha value is -2.20. The summed E-state index contributed by atoms with van der Waals surface area (Å²) in [6.07, 6.45) is 1.66. The lowest BCUT2D eigenvalue weighted by Gasteiger charge is -2.05. The summed E-state index contributed by atoms with van der Waals surface area (Å²) in [5.41, 5.74) is 8.15. The summed E-state index contributed by atoms with van der Waals surface area (Å²) in [5, 5.41) is 2.74. The van der Waals surface area contributed by atoms with Gasteiger partial charge in [0.2, 0.25) is 0 Å². The molecule has 18 heavy (non-hydrogen) atoms. The maximum absolute atomic E-state index is 11.9. The Morgan fingerprint density at radius 1 is 1.22 bits per heavy atom. The zero-order valence-electron chi connectivity index (χ0n) is 10.2. The maximum Gasteiger partial charge on any atom is 0.256 e. The topological polar surface area (TPSA) is 68.0 Å². The van der Waals surface area contributed by atoms with Crippen LogP contribution in [0.4, 0.5) is 5.82 Å². The molecule has 0 fully saturated rings. The van der Waals surface area contributed by atoms with E-state index in [-0.39, 0.29) is 5.91 Å². The van der Waals surface area contributed by atoms with Crippen molar-refractivity contribution in [1.29, 1.82) is 0 Å². The van der Waals surface area contributed by atoms with Crippen molar-refractivity contribution in [3.63, 3.8) is 0 Å². The summed E-state index contributed by atoms with van der Waals surface area (Å²) in [7, 11) is 0.